The molecule has 1 unspecified atom stereocenters. The van der Waals surface area contributed by atoms with Crippen LogP contribution in [0.25, 0.3) is 0 Å². The van der Waals surface area contributed by atoms with Gasteiger partial charge in [0.15, 0.2) is 0 Å². The van der Waals surface area contributed by atoms with Crippen LogP contribution in [0.5, 0.6) is 0 Å². The number of hydrogen-bond acceptors (Lipinski definition) is 3. The smallest absolute Gasteiger partial charge is 0.136 e. The second-order valence-corrected chi connectivity index (χ2v) is 6.10. The Morgan fingerprint density at radius 1 is 0.769 bits per heavy atom. The highest BCUT2D eigenvalue weighted by Gasteiger charge is 2.19. The van der Waals surface area contributed by atoms with E-state index in [0.717, 1.165) is 23.8 Å². The maximum absolute atomic E-state index is 4.66. The molecule has 0 bridgehead atoms. The van der Waals surface area contributed by atoms with E-state index in [4.69, 9.17) is 0 Å². The van der Waals surface area contributed by atoms with Crippen molar-refractivity contribution in [3.05, 3.63) is 114 Å². The Labute approximate surface area is 153 Å². The molecule has 4 rings (SSSR count). The summed E-state index contributed by atoms with van der Waals surface area (Å²) in [5.41, 5.74) is 2.40. The zero-order chi connectivity index (χ0) is 17.6. The molecule has 4 heteroatoms. The van der Waals surface area contributed by atoms with Gasteiger partial charge in [0, 0.05) is 25.1 Å². The van der Waals surface area contributed by atoms with Crippen LogP contribution in [-0.4, -0.2) is 14.5 Å². The van der Waals surface area contributed by atoms with E-state index in [-0.39, 0.29) is 6.04 Å². The fourth-order valence-electron chi connectivity index (χ4n) is 3.03. The molecule has 0 aliphatic rings. The molecule has 26 heavy (non-hydrogen) atoms. The van der Waals surface area contributed by atoms with Crippen LogP contribution in [0.3, 0.4) is 0 Å². The summed E-state index contributed by atoms with van der Waals surface area (Å²) in [5, 5.41) is 3.53. The van der Waals surface area contributed by atoms with Crippen molar-refractivity contribution >= 4 is 5.82 Å². The van der Waals surface area contributed by atoms with Gasteiger partial charge >= 0.3 is 0 Å². The van der Waals surface area contributed by atoms with E-state index in [0.29, 0.717) is 0 Å². The topological polar surface area (TPSA) is 42.7 Å². The molecule has 0 spiro atoms. The van der Waals surface area contributed by atoms with Gasteiger partial charge in [-0.25, -0.2) is 9.97 Å². The minimum absolute atomic E-state index is 0.0789. The van der Waals surface area contributed by atoms with Gasteiger partial charge in [0.25, 0.3) is 0 Å². The second kappa shape index (κ2) is 7.66. The minimum Gasteiger partial charge on any atom is -0.356 e. The standard InChI is InChI=1S/C22H20N4/c1-3-9-18(10-4-1)17-26-16-15-24-22(26)21(19-11-5-2-6-12-19)25-20-13-7-8-14-23-20/h1-16,21H,17H2,(H,23,25). The van der Waals surface area contributed by atoms with Crippen molar-refractivity contribution in [1.29, 1.82) is 0 Å². The number of hydrogen-bond donors (Lipinski definition) is 1. The highest BCUT2D eigenvalue weighted by Crippen LogP contribution is 2.25. The lowest BCUT2D eigenvalue weighted by molar-refractivity contribution is 0.694. The van der Waals surface area contributed by atoms with Crippen LogP contribution >= 0.6 is 0 Å². The van der Waals surface area contributed by atoms with Crippen LogP contribution in [0.15, 0.2) is 97.5 Å². The molecular formula is C22H20N4. The third kappa shape index (κ3) is 3.64. The van der Waals surface area contributed by atoms with E-state index in [1.54, 1.807) is 6.20 Å². The average Bonchev–Trinajstić information content (AvgIpc) is 3.16. The highest BCUT2D eigenvalue weighted by atomic mass is 15.1. The van der Waals surface area contributed by atoms with Gasteiger partial charge in [0.2, 0.25) is 0 Å². The maximum atomic E-state index is 4.66. The normalized spacial score (nSPS) is 11.8. The highest BCUT2D eigenvalue weighted by molar-refractivity contribution is 5.41. The molecular weight excluding hydrogens is 320 g/mol. The number of pyridine rings is 1. The molecule has 2 aromatic heterocycles. The molecule has 0 saturated carbocycles. The number of anilines is 1. The lowest BCUT2D eigenvalue weighted by Gasteiger charge is -2.21. The van der Waals surface area contributed by atoms with Crippen LogP contribution in [0, 0.1) is 0 Å². The first kappa shape index (κ1) is 16.1. The summed E-state index contributed by atoms with van der Waals surface area (Å²) in [4.78, 5) is 9.08. The van der Waals surface area contributed by atoms with Gasteiger partial charge in [-0.3, -0.25) is 0 Å². The third-order valence-corrected chi connectivity index (χ3v) is 4.29. The van der Waals surface area contributed by atoms with Crippen LogP contribution in [0.1, 0.15) is 23.0 Å². The summed E-state index contributed by atoms with van der Waals surface area (Å²) in [6, 6.07) is 26.6. The molecule has 1 atom stereocenters. The van der Waals surface area contributed by atoms with Gasteiger partial charge in [-0.05, 0) is 23.3 Å². The fourth-order valence-corrected chi connectivity index (χ4v) is 3.03. The predicted octanol–water partition coefficient (Wildman–Crippen LogP) is 4.53. The Hall–Kier alpha value is -3.40. The lowest BCUT2D eigenvalue weighted by atomic mass is 10.1. The van der Waals surface area contributed by atoms with Gasteiger partial charge in [-0.1, -0.05) is 66.7 Å². The van der Waals surface area contributed by atoms with E-state index < -0.39 is 0 Å². The molecule has 2 heterocycles. The van der Waals surface area contributed by atoms with Crippen molar-refractivity contribution in [2.45, 2.75) is 12.6 Å². The molecule has 0 radical (unpaired) electrons. The van der Waals surface area contributed by atoms with Crippen molar-refractivity contribution in [3.63, 3.8) is 0 Å². The number of benzene rings is 2. The van der Waals surface area contributed by atoms with Crippen LogP contribution in [-0.2, 0) is 6.54 Å². The number of aromatic nitrogens is 3. The first-order valence-corrected chi connectivity index (χ1v) is 8.67. The first-order chi connectivity index (χ1) is 12.9. The van der Waals surface area contributed by atoms with Crippen molar-refractivity contribution in [3.8, 4) is 0 Å². The second-order valence-electron chi connectivity index (χ2n) is 6.10. The summed E-state index contributed by atoms with van der Waals surface area (Å²) in [6.45, 7) is 0.781. The largest absolute Gasteiger partial charge is 0.356 e. The Kier molecular flexibility index (Phi) is 4.74. The van der Waals surface area contributed by atoms with Crippen LogP contribution in [0.2, 0.25) is 0 Å². The van der Waals surface area contributed by atoms with Gasteiger partial charge in [-0.2, -0.15) is 0 Å². The molecule has 2 aromatic carbocycles. The zero-order valence-corrected chi connectivity index (χ0v) is 14.4. The number of nitrogens with zero attached hydrogens (tertiary/aromatic N) is 3. The summed E-state index contributed by atoms with van der Waals surface area (Å²) in [5.74, 6) is 1.79. The van der Waals surface area contributed by atoms with Crippen LogP contribution in [0.4, 0.5) is 5.82 Å². The van der Waals surface area contributed by atoms with E-state index >= 15 is 0 Å². The number of nitrogens with one attached hydrogen (secondary N) is 1. The summed E-state index contributed by atoms with van der Waals surface area (Å²) in [6.07, 6.45) is 5.67. The Balaban J connectivity index is 1.69. The van der Waals surface area contributed by atoms with Crippen molar-refractivity contribution in [2.75, 3.05) is 5.32 Å². The molecule has 4 nitrogen and oxygen atoms in total. The van der Waals surface area contributed by atoms with Gasteiger partial charge < -0.3 is 9.88 Å². The molecule has 4 aromatic rings. The van der Waals surface area contributed by atoms with Gasteiger partial charge in [0.1, 0.15) is 17.7 Å². The maximum Gasteiger partial charge on any atom is 0.136 e. The Morgan fingerprint density at radius 2 is 1.50 bits per heavy atom. The monoisotopic (exact) mass is 340 g/mol. The lowest BCUT2D eigenvalue weighted by Crippen LogP contribution is -2.18. The average molecular weight is 340 g/mol. The van der Waals surface area contributed by atoms with Crippen molar-refractivity contribution in [2.24, 2.45) is 0 Å². The van der Waals surface area contributed by atoms with Crippen molar-refractivity contribution in [1.82, 2.24) is 14.5 Å². The van der Waals surface area contributed by atoms with E-state index in [9.17, 15) is 0 Å². The molecule has 0 amide bonds. The quantitative estimate of drug-likeness (QED) is 0.561. The Morgan fingerprint density at radius 3 is 2.23 bits per heavy atom. The van der Waals surface area contributed by atoms with Gasteiger partial charge in [0.05, 0.1) is 0 Å². The van der Waals surface area contributed by atoms with E-state index in [1.807, 2.05) is 54.9 Å². The molecule has 0 aliphatic carbocycles. The predicted molar refractivity (Wildman–Crippen MR) is 104 cm³/mol. The molecule has 128 valence electrons. The zero-order valence-electron chi connectivity index (χ0n) is 14.4. The SMILES string of the molecule is c1ccc(Cn2ccnc2C(Nc2ccccn2)c2ccccc2)cc1. The molecule has 1 N–H and O–H groups in total. The van der Waals surface area contributed by atoms with E-state index in [1.165, 1.54) is 5.56 Å². The first-order valence-electron chi connectivity index (χ1n) is 8.67. The van der Waals surface area contributed by atoms with Crippen molar-refractivity contribution < 1.29 is 0 Å². The number of imidazole rings is 1. The van der Waals surface area contributed by atoms with Gasteiger partial charge in [-0.15, -0.1) is 0 Å². The summed E-state index contributed by atoms with van der Waals surface area (Å²) in [7, 11) is 0. The molecule has 0 fully saturated rings. The Bertz CT molecular complexity index is 934. The molecule has 0 saturated heterocycles. The fraction of sp³-hybridized carbons (Fsp3) is 0.0909. The summed E-state index contributed by atoms with van der Waals surface area (Å²) >= 11 is 0. The third-order valence-electron chi connectivity index (χ3n) is 4.29. The molecule has 0 aliphatic heterocycles. The number of rotatable bonds is 6. The minimum atomic E-state index is -0.0789. The van der Waals surface area contributed by atoms with E-state index in [2.05, 4.69) is 56.3 Å². The summed E-state index contributed by atoms with van der Waals surface area (Å²) < 4.78 is 2.18. The van der Waals surface area contributed by atoms with Crippen LogP contribution < -0.4 is 5.32 Å².